The average Bonchev–Trinajstić information content (AvgIpc) is 2.96. The van der Waals surface area contributed by atoms with Crippen molar-refractivity contribution in [1.29, 1.82) is 0 Å². The van der Waals surface area contributed by atoms with Crippen LogP contribution in [0, 0.1) is 0 Å². The van der Waals surface area contributed by atoms with E-state index in [-0.39, 0.29) is 12.5 Å². The molecule has 0 atom stereocenters. The molecule has 2 aromatic rings. The van der Waals surface area contributed by atoms with Gasteiger partial charge in [0.1, 0.15) is 6.54 Å². The number of nitrogens with zero attached hydrogens (tertiary/aromatic N) is 4. The first-order chi connectivity index (χ1) is 10.2. The van der Waals surface area contributed by atoms with Gasteiger partial charge in [0.15, 0.2) is 0 Å². The number of rotatable bonds is 7. The van der Waals surface area contributed by atoms with Gasteiger partial charge in [0.25, 0.3) is 0 Å². The molecule has 21 heavy (non-hydrogen) atoms. The molecule has 0 spiro atoms. The molecule has 1 aromatic carbocycles. The Morgan fingerprint density at radius 2 is 2.00 bits per heavy atom. The summed E-state index contributed by atoms with van der Waals surface area (Å²) in [6, 6.07) is 8.05. The lowest BCUT2D eigenvalue weighted by molar-refractivity contribution is -0.122. The summed E-state index contributed by atoms with van der Waals surface area (Å²) in [5.74, 6) is 0.452. The summed E-state index contributed by atoms with van der Waals surface area (Å²) in [5, 5.41) is 15.0. The van der Waals surface area contributed by atoms with E-state index < -0.39 is 0 Å². The van der Waals surface area contributed by atoms with E-state index in [2.05, 4.69) is 34.6 Å². The number of hydrogen-bond acceptors (Lipinski definition) is 4. The number of aryl methyl sites for hydroxylation is 1. The summed E-state index contributed by atoms with van der Waals surface area (Å²) in [6.07, 6.45) is 3.03. The van der Waals surface area contributed by atoms with Gasteiger partial charge in [-0.2, -0.15) is 4.80 Å². The molecule has 112 valence electrons. The first kappa shape index (κ1) is 15.2. The first-order valence-electron chi connectivity index (χ1n) is 7.36. The summed E-state index contributed by atoms with van der Waals surface area (Å²) in [6.45, 7) is 4.99. The number of tetrazole rings is 1. The van der Waals surface area contributed by atoms with Crippen molar-refractivity contribution in [2.75, 3.05) is 6.54 Å². The third-order valence-corrected chi connectivity index (χ3v) is 3.21. The molecule has 0 aliphatic rings. The molecule has 0 aliphatic heterocycles. The van der Waals surface area contributed by atoms with Crippen molar-refractivity contribution in [2.45, 2.75) is 39.7 Å². The number of benzene rings is 1. The fourth-order valence-electron chi connectivity index (χ4n) is 1.90. The molecule has 0 unspecified atom stereocenters. The zero-order valence-electron chi connectivity index (χ0n) is 12.5. The zero-order chi connectivity index (χ0) is 15.1. The molecule has 0 fully saturated rings. The molecule has 0 saturated heterocycles. The molecular formula is C15H21N5O. The highest BCUT2D eigenvalue weighted by Crippen LogP contribution is 2.14. The summed E-state index contributed by atoms with van der Waals surface area (Å²) >= 11 is 0. The van der Waals surface area contributed by atoms with Crippen molar-refractivity contribution >= 4 is 5.91 Å². The Balaban J connectivity index is 1.95. The molecule has 1 aromatic heterocycles. The van der Waals surface area contributed by atoms with Crippen LogP contribution >= 0.6 is 0 Å². The number of carbonyl (C=O) groups excluding carboxylic acids is 1. The SMILES string of the molecule is CCCCNC(=O)Cn1nnc(-c2ccc(CC)cc2)n1. The van der Waals surface area contributed by atoms with Crippen LogP contribution in [0.1, 0.15) is 32.3 Å². The van der Waals surface area contributed by atoms with E-state index in [1.54, 1.807) is 0 Å². The monoisotopic (exact) mass is 287 g/mol. The van der Waals surface area contributed by atoms with E-state index in [1.165, 1.54) is 10.4 Å². The van der Waals surface area contributed by atoms with Gasteiger partial charge < -0.3 is 5.32 Å². The van der Waals surface area contributed by atoms with Crippen molar-refractivity contribution in [3.8, 4) is 11.4 Å². The van der Waals surface area contributed by atoms with Gasteiger partial charge in [0.05, 0.1) is 0 Å². The van der Waals surface area contributed by atoms with E-state index >= 15 is 0 Å². The lowest BCUT2D eigenvalue weighted by Gasteiger charge is -2.02. The van der Waals surface area contributed by atoms with Gasteiger partial charge in [-0.05, 0) is 23.6 Å². The summed E-state index contributed by atoms with van der Waals surface area (Å²) in [5.41, 5.74) is 2.17. The van der Waals surface area contributed by atoms with Crippen LogP contribution in [0.15, 0.2) is 24.3 Å². The topological polar surface area (TPSA) is 72.7 Å². The number of carbonyl (C=O) groups is 1. The lowest BCUT2D eigenvalue weighted by Crippen LogP contribution is -2.29. The number of unbranched alkanes of at least 4 members (excludes halogenated alkanes) is 1. The largest absolute Gasteiger partial charge is 0.354 e. The van der Waals surface area contributed by atoms with E-state index in [0.717, 1.165) is 24.8 Å². The van der Waals surface area contributed by atoms with Crippen molar-refractivity contribution < 1.29 is 4.79 Å². The highest BCUT2D eigenvalue weighted by molar-refractivity contribution is 5.75. The highest BCUT2D eigenvalue weighted by Gasteiger charge is 2.08. The van der Waals surface area contributed by atoms with Crippen molar-refractivity contribution in [1.82, 2.24) is 25.5 Å². The Labute approximate surface area is 124 Å². The number of amides is 1. The minimum atomic E-state index is -0.0891. The number of hydrogen-bond donors (Lipinski definition) is 1. The molecule has 0 aliphatic carbocycles. The van der Waals surface area contributed by atoms with Crippen LogP contribution in [0.5, 0.6) is 0 Å². The predicted molar refractivity (Wildman–Crippen MR) is 80.5 cm³/mol. The van der Waals surface area contributed by atoms with E-state index in [0.29, 0.717) is 12.4 Å². The normalized spacial score (nSPS) is 10.6. The van der Waals surface area contributed by atoms with Crippen LogP contribution in [0.25, 0.3) is 11.4 Å². The molecule has 1 heterocycles. The van der Waals surface area contributed by atoms with Crippen molar-refractivity contribution in [2.24, 2.45) is 0 Å². The minimum absolute atomic E-state index is 0.0891. The van der Waals surface area contributed by atoms with E-state index in [1.807, 2.05) is 24.3 Å². The van der Waals surface area contributed by atoms with Gasteiger partial charge >= 0.3 is 0 Å². The van der Waals surface area contributed by atoms with Gasteiger partial charge in [-0.3, -0.25) is 4.79 Å². The van der Waals surface area contributed by atoms with E-state index in [9.17, 15) is 4.79 Å². The first-order valence-corrected chi connectivity index (χ1v) is 7.36. The zero-order valence-corrected chi connectivity index (χ0v) is 12.5. The van der Waals surface area contributed by atoms with Crippen molar-refractivity contribution in [3.63, 3.8) is 0 Å². The Kier molecular flexibility index (Phi) is 5.43. The molecule has 6 heteroatoms. The fourth-order valence-corrected chi connectivity index (χ4v) is 1.90. The second-order valence-corrected chi connectivity index (χ2v) is 4.90. The van der Waals surface area contributed by atoms with Crippen LogP contribution in [0.2, 0.25) is 0 Å². The summed E-state index contributed by atoms with van der Waals surface area (Å²) in [4.78, 5) is 13.0. The average molecular weight is 287 g/mol. The molecular weight excluding hydrogens is 266 g/mol. The molecule has 0 bridgehead atoms. The van der Waals surface area contributed by atoms with Gasteiger partial charge in [0.2, 0.25) is 11.7 Å². The Morgan fingerprint density at radius 3 is 2.67 bits per heavy atom. The second kappa shape index (κ2) is 7.52. The fraction of sp³-hybridized carbons (Fsp3) is 0.467. The summed E-state index contributed by atoms with van der Waals surface area (Å²) < 4.78 is 0. The van der Waals surface area contributed by atoms with Crippen molar-refractivity contribution in [3.05, 3.63) is 29.8 Å². The lowest BCUT2D eigenvalue weighted by atomic mass is 10.1. The third-order valence-electron chi connectivity index (χ3n) is 3.21. The predicted octanol–water partition coefficient (Wildman–Crippen LogP) is 1.82. The molecule has 6 nitrogen and oxygen atoms in total. The van der Waals surface area contributed by atoms with Gasteiger partial charge in [-0.15, -0.1) is 10.2 Å². The maximum absolute atomic E-state index is 11.7. The van der Waals surface area contributed by atoms with Gasteiger partial charge in [-0.25, -0.2) is 0 Å². The smallest absolute Gasteiger partial charge is 0.243 e. The standard InChI is InChI=1S/C15H21N5O/c1-3-5-10-16-14(21)11-20-18-15(17-19-20)13-8-6-12(4-2)7-9-13/h6-9H,3-5,10-11H2,1-2H3,(H,16,21). The van der Waals surface area contributed by atoms with Crippen LogP contribution in [0.3, 0.4) is 0 Å². The second-order valence-electron chi connectivity index (χ2n) is 4.90. The van der Waals surface area contributed by atoms with Crippen LogP contribution in [0.4, 0.5) is 0 Å². The maximum atomic E-state index is 11.7. The summed E-state index contributed by atoms with van der Waals surface area (Å²) in [7, 11) is 0. The minimum Gasteiger partial charge on any atom is -0.354 e. The third kappa shape index (κ3) is 4.37. The van der Waals surface area contributed by atoms with Crippen LogP contribution in [-0.2, 0) is 17.8 Å². The molecule has 0 radical (unpaired) electrons. The molecule has 1 amide bonds. The maximum Gasteiger partial charge on any atom is 0.243 e. The Bertz CT molecular complexity index is 576. The quantitative estimate of drug-likeness (QED) is 0.788. The Hall–Kier alpha value is -2.24. The highest BCUT2D eigenvalue weighted by atomic mass is 16.2. The Morgan fingerprint density at radius 1 is 1.24 bits per heavy atom. The van der Waals surface area contributed by atoms with Crippen LogP contribution in [-0.4, -0.2) is 32.7 Å². The number of aromatic nitrogens is 4. The number of nitrogens with one attached hydrogen (secondary N) is 1. The molecule has 0 saturated carbocycles. The molecule has 2 rings (SSSR count). The van der Waals surface area contributed by atoms with Gasteiger partial charge in [0, 0.05) is 12.1 Å². The van der Waals surface area contributed by atoms with Crippen LogP contribution < -0.4 is 5.32 Å². The van der Waals surface area contributed by atoms with E-state index in [4.69, 9.17) is 0 Å². The molecule has 1 N–H and O–H groups in total. The van der Waals surface area contributed by atoms with Gasteiger partial charge in [-0.1, -0.05) is 44.5 Å².